The van der Waals surface area contributed by atoms with Crippen molar-refractivity contribution in [3.63, 3.8) is 0 Å². The van der Waals surface area contributed by atoms with E-state index in [2.05, 4.69) is 20.3 Å². The fourth-order valence-electron chi connectivity index (χ4n) is 3.17. The molecule has 1 aliphatic carbocycles. The fourth-order valence-corrected chi connectivity index (χ4v) is 3.17. The van der Waals surface area contributed by atoms with Crippen molar-refractivity contribution in [2.45, 2.75) is 37.9 Å². The Hall–Kier alpha value is -2.45. The molecule has 2 unspecified atom stereocenters. The molecule has 0 aliphatic heterocycles. The topological polar surface area (TPSA) is 76.7 Å². The van der Waals surface area contributed by atoms with Gasteiger partial charge in [-0.2, -0.15) is 28.1 Å². The van der Waals surface area contributed by atoms with Crippen LogP contribution in [0.3, 0.4) is 0 Å². The summed E-state index contributed by atoms with van der Waals surface area (Å²) in [5.74, 6) is -2.23. The standard InChI is InChI=1S/C16H17F4N5/c17-11-6-2-1-4-9(11)8-10-5-3-7-12(10)22-15-24-13(16(18,19)20)23-14(21)25-15/h1-2,4,6,10,12H,3,5,7-8H2,(H3,21,22,23,24,25). The quantitative estimate of drug-likeness (QED) is 0.822. The zero-order chi connectivity index (χ0) is 18.0. The molecule has 3 N–H and O–H groups in total. The molecule has 1 aromatic carbocycles. The third-order valence-corrected chi connectivity index (χ3v) is 4.32. The summed E-state index contributed by atoms with van der Waals surface area (Å²) in [5, 5.41) is 2.92. The maximum Gasteiger partial charge on any atom is 0.451 e. The van der Waals surface area contributed by atoms with Crippen LogP contribution < -0.4 is 11.1 Å². The SMILES string of the molecule is Nc1nc(NC2CCCC2Cc2ccccc2F)nc(C(F)(F)F)n1. The van der Waals surface area contributed by atoms with Crippen molar-refractivity contribution in [2.75, 3.05) is 11.1 Å². The molecular formula is C16H17F4N5. The fraction of sp³-hybridized carbons (Fsp3) is 0.438. The van der Waals surface area contributed by atoms with E-state index >= 15 is 0 Å². The maximum atomic E-state index is 13.8. The van der Waals surface area contributed by atoms with Crippen LogP contribution in [0.1, 0.15) is 30.7 Å². The van der Waals surface area contributed by atoms with Crippen LogP contribution in [-0.2, 0) is 12.6 Å². The number of nitrogens with zero attached hydrogens (tertiary/aromatic N) is 3. The van der Waals surface area contributed by atoms with Crippen molar-refractivity contribution in [3.8, 4) is 0 Å². The Morgan fingerprint density at radius 1 is 1.12 bits per heavy atom. The Morgan fingerprint density at radius 3 is 2.60 bits per heavy atom. The largest absolute Gasteiger partial charge is 0.451 e. The summed E-state index contributed by atoms with van der Waals surface area (Å²) in [4.78, 5) is 10.3. The van der Waals surface area contributed by atoms with Gasteiger partial charge in [-0.25, -0.2) is 4.39 Å². The third kappa shape index (κ3) is 4.15. The van der Waals surface area contributed by atoms with E-state index in [4.69, 9.17) is 5.73 Å². The van der Waals surface area contributed by atoms with E-state index in [9.17, 15) is 17.6 Å². The average molecular weight is 355 g/mol. The van der Waals surface area contributed by atoms with Crippen LogP contribution in [0, 0.1) is 11.7 Å². The molecule has 134 valence electrons. The molecule has 1 heterocycles. The molecule has 2 aromatic rings. The van der Waals surface area contributed by atoms with Gasteiger partial charge in [0.1, 0.15) is 5.82 Å². The zero-order valence-electron chi connectivity index (χ0n) is 13.2. The second-order valence-electron chi connectivity index (χ2n) is 6.08. The lowest BCUT2D eigenvalue weighted by Crippen LogP contribution is -2.28. The first-order valence-corrected chi connectivity index (χ1v) is 7.91. The number of anilines is 2. The highest BCUT2D eigenvalue weighted by Crippen LogP contribution is 2.32. The lowest BCUT2D eigenvalue weighted by atomic mass is 9.94. The number of alkyl halides is 3. The van der Waals surface area contributed by atoms with Gasteiger partial charge in [-0.05, 0) is 36.8 Å². The molecule has 3 rings (SSSR count). The number of halogens is 4. The second kappa shape index (κ2) is 6.81. The second-order valence-corrected chi connectivity index (χ2v) is 6.08. The van der Waals surface area contributed by atoms with Crippen molar-refractivity contribution >= 4 is 11.9 Å². The number of aromatic nitrogens is 3. The molecular weight excluding hydrogens is 338 g/mol. The van der Waals surface area contributed by atoms with E-state index in [1.54, 1.807) is 18.2 Å². The summed E-state index contributed by atoms with van der Waals surface area (Å²) in [6.45, 7) is 0. The van der Waals surface area contributed by atoms with Gasteiger partial charge in [0, 0.05) is 6.04 Å². The van der Waals surface area contributed by atoms with Crippen LogP contribution in [0.2, 0.25) is 0 Å². The normalized spacial score (nSPS) is 20.6. The highest BCUT2D eigenvalue weighted by molar-refractivity contribution is 5.33. The van der Waals surface area contributed by atoms with Gasteiger partial charge in [0.25, 0.3) is 0 Å². The minimum absolute atomic E-state index is 0.0734. The van der Waals surface area contributed by atoms with Gasteiger partial charge in [-0.3, -0.25) is 0 Å². The van der Waals surface area contributed by atoms with Crippen LogP contribution in [0.4, 0.5) is 29.5 Å². The molecule has 2 atom stereocenters. The summed E-state index contributed by atoms with van der Waals surface area (Å²) in [6, 6.07) is 6.35. The third-order valence-electron chi connectivity index (χ3n) is 4.32. The van der Waals surface area contributed by atoms with Gasteiger partial charge in [0.15, 0.2) is 0 Å². The predicted molar refractivity (Wildman–Crippen MR) is 84.1 cm³/mol. The minimum Gasteiger partial charge on any atom is -0.368 e. The van der Waals surface area contributed by atoms with Gasteiger partial charge in [-0.15, -0.1) is 0 Å². The number of nitrogens with two attached hydrogens (primary N) is 1. The van der Waals surface area contributed by atoms with Gasteiger partial charge in [-0.1, -0.05) is 24.6 Å². The smallest absolute Gasteiger partial charge is 0.368 e. The summed E-state index contributed by atoms with van der Waals surface area (Å²) in [7, 11) is 0. The van der Waals surface area contributed by atoms with Crippen molar-refractivity contribution in [2.24, 2.45) is 5.92 Å². The highest BCUT2D eigenvalue weighted by Gasteiger charge is 2.36. The van der Waals surface area contributed by atoms with Gasteiger partial charge >= 0.3 is 6.18 Å². The molecule has 25 heavy (non-hydrogen) atoms. The maximum absolute atomic E-state index is 13.8. The van der Waals surface area contributed by atoms with Crippen LogP contribution >= 0.6 is 0 Å². The molecule has 1 fully saturated rings. The molecule has 9 heteroatoms. The summed E-state index contributed by atoms with van der Waals surface area (Å²) in [5.41, 5.74) is 5.95. The van der Waals surface area contributed by atoms with E-state index in [1.165, 1.54) is 6.07 Å². The monoisotopic (exact) mass is 355 g/mol. The summed E-state index contributed by atoms with van der Waals surface area (Å²) < 4.78 is 52.2. The lowest BCUT2D eigenvalue weighted by Gasteiger charge is -2.21. The van der Waals surface area contributed by atoms with Gasteiger partial charge < -0.3 is 11.1 Å². The lowest BCUT2D eigenvalue weighted by molar-refractivity contribution is -0.144. The van der Waals surface area contributed by atoms with Crippen LogP contribution in [0.5, 0.6) is 0 Å². The molecule has 0 amide bonds. The van der Waals surface area contributed by atoms with Crippen LogP contribution in [0.25, 0.3) is 0 Å². The van der Waals surface area contributed by atoms with E-state index in [0.29, 0.717) is 12.0 Å². The van der Waals surface area contributed by atoms with Crippen LogP contribution in [0.15, 0.2) is 24.3 Å². The Labute approximate surface area is 141 Å². The van der Waals surface area contributed by atoms with E-state index in [1.807, 2.05) is 0 Å². The number of nitrogens with one attached hydrogen (secondary N) is 1. The van der Waals surface area contributed by atoms with Crippen molar-refractivity contribution in [3.05, 3.63) is 41.5 Å². The first-order valence-electron chi connectivity index (χ1n) is 7.91. The van der Waals surface area contributed by atoms with E-state index in [-0.39, 0.29) is 23.7 Å². The molecule has 1 aliphatic rings. The zero-order valence-corrected chi connectivity index (χ0v) is 13.2. The van der Waals surface area contributed by atoms with Gasteiger partial charge in [0.2, 0.25) is 17.7 Å². The number of benzene rings is 1. The van der Waals surface area contributed by atoms with Crippen LogP contribution in [-0.4, -0.2) is 21.0 Å². The summed E-state index contributed by atoms with van der Waals surface area (Å²) in [6.07, 6.45) is -1.72. The molecule has 0 spiro atoms. The predicted octanol–water partition coefficient (Wildman–Crippen LogP) is 3.44. The minimum atomic E-state index is -4.70. The average Bonchev–Trinajstić information content (AvgIpc) is 2.95. The molecule has 0 radical (unpaired) electrons. The number of hydrogen-bond donors (Lipinski definition) is 2. The molecule has 1 saturated carbocycles. The first kappa shape index (κ1) is 17.4. The number of nitrogen functional groups attached to an aromatic ring is 1. The molecule has 5 nitrogen and oxygen atoms in total. The number of rotatable bonds is 4. The Kier molecular flexibility index (Phi) is 4.73. The first-order chi connectivity index (χ1) is 11.8. The van der Waals surface area contributed by atoms with Crippen molar-refractivity contribution in [1.82, 2.24) is 15.0 Å². The Bertz CT molecular complexity index is 750. The van der Waals surface area contributed by atoms with E-state index in [0.717, 1.165) is 19.3 Å². The Morgan fingerprint density at radius 2 is 1.88 bits per heavy atom. The van der Waals surface area contributed by atoms with Crippen molar-refractivity contribution < 1.29 is 17.6 Å². The molecule has 1 aromatic heterocycles. The molecule has 0 saturated heterocycles. The van der Waals surface area contributed by atoms with Crippen molar-refractivity contribution in [1.29, 1.82) is 0 Å². The molecule has 0 bridgehead atoms. The Balaban J connectivity index is 1.76. The highest BCUT2D eigenvalue weighted by atomic mass is 19.4. The number of hydrogen-bond acceptors (Lipinski definition) is 5. The van der Waals surface area contributed by atoms with E-state index < -0.39 is 17.9 Å². The van der Waals surface area contributed by atoms with Gasteiger partial charge in [0.05, 0.1) is 0 Å². The summed E-state index contributed by atoms with van der Waals surface area (Å²) >= 11 is 0.